The summed E-state index contributed by atoms with van der Waals surface area (Å²) < 4.78 is 45.3. The quantitative estimate of drug-likeness (QED) is 0.210. The van der Waals surface area contributed by atoms with Gasteiger partial charge in [0.25, 0.3) is 5.91 Å². The molecule has 0 saturated carbocycles. The Morgan fingerprint density at radius 3 is 2.54 bits per heavy atom. The molecular formula is C31H19ClF3N3O2S. The van der Waals surface area contributed by atoms with E-state index >= 15 is 0 Å². The van der Waals surface area contributed by atoms with E-state index in [0.717, 1.165) is 17.7 Å². The highest BCUT2D eigenvalue weighted by molar-refractivity contribution is 7.15. The number of furan rings is 1. The number of halogens is 4. The van der Waals surface area contributed by atoms with Crippen molar-refractivity contribution in [3.05, 3.63) is 124 Å². The lowest BCUT2D eigenvalue weighted by molar-refractivity contribution is -0.137. The maximum Gasteiger partial charge on any atom is 0.416 e. The molecule has 0 aliphatic rings. The van der Waals surface area contributed by atoms with Gasteiger partial charge in [0.05, 0.1) is 21.7 Å². The third-order valence-electron chi connectivity index (χ3n) is 6.37. The molecule has 0 unspecified atom stereocenters. The Labute approximate surface area is 241 Å². The van der Waals surface area contributed by atoms with Crippen LogP contribution in [0.15, 0.2) is 102 Å². The van der Waals surface area contributed by atoms with Crippen LogP contribution >= 0.6 is 22.9 Å². The van der Waals surface area contributed by atoms with E-state index in [2.05, 4.69) is 10.3 Å². The number of fused-ring (bicyclic) bond motifs is 1. The number of hydrogen-bond acceptors (Lipinski definition) is 5. The molecule has 3 heterocycles. The summed E-state index contributed by atoms with van der Waals surface area (Å²) in [5.41, 5.74) is 1.98. The maximum atomic E-state index is 13.5. The van der Waals surface area contributed by atoms with Gasteiger partial charge in [0, 0.05) is 28.4 Å². The molecule has 5 nitrogen and oxygen atoms in total. The highest BCUT2D eigenvalue weighted by Gasteiger charge is 2.30. The lowest BCUT2D eigenvalue weighted by Gasteiger charge is -2.09. The normalized spacial score (nSPS) is 11.6. The van der Waals surface area contributed by atoms with Crippen LogP contribution in [0.25, 0.3) is 33.7 Å². The molecule has 6 rings (SSSR count). The van der Waals surface area contributed by atoms with Gasteiger partial charge in [-0.2, -0.15) is 13.2 Å². The molecule has 3 aromatic carbocycles. The van der Waals surface area contributed by atoms with Gasteiger partial charge in [0.15, 0.2) is 10.9 Å². The first-order valence-electron chi connectivity index (χ1n) is 12.4. The van der Waals surface area contributed by atoms with Crippen LogP contribution in [-0.4, -0.2) is 15.9 Å². The highest BCUT2D eigenvalue weighted by atomic mass is 35.5. The van der Waals surface area contributed by atoms with Crippen LogP contribution in [0.5, 0.6) is 0 Å². The summed E-state index contributed by atoms with van der Waals surface area (Å²) in [5.74, 6) is 0.641. The zero-order valence-corrected chi connectivity index (χ0v) is 22.6. The third kappa shape index (κ3) is 5.73. The molecule has 41 heavy (non-hydrogen) atoms. The van der Waals surface area contributed by atoms with E-state index in [9.17, 15) is 18.0 Å². The van der Waals surface area contributed by atoms with Gasteiger partial charge in [0.1, 0.15) is 11.5 Å². The Hall–Kier alpha value is -4.47. The molecule has 0 atom stereocenters. The summed E-state index contributed by atoms with van der Waals surface area (Å²) in [4.78, 5) is 23.1. The number of nitrogens with one attached hydrogen (secondary N) is 1. The van der Waals surface area contributed by atoms with Gasteiger partial charge in [-0.1, -0.05) is 60.1 Å². The molecule has 1 N–H and O–H groups in total. The average Bonchev–Trinajstić information content (AvgIpc) is 3.62. The Morgan fingerprint density at radius 2 is 1.71 bits per heavy atom. The van der Waals surface area contributed by atoms with Crippen molar-refractivity contribution in [2.24, 2.45) is 0 Å². The van der Waals surface area contributed by atoms with Crippen LogP contribution in [-0.2, 0) is 12.6 Å². The third-order valence-corrected chi connectivity index (χ3v) is 7.61. The number of carbonyl (C=O) groups excluding carboxylic acids is 1. The molecule has 1 amide bonds. The van der Waals surface area contributed by atoms with E-state index in [1.54, 1.807) is 42.6 Å². The second-order valence-corrected chi connectivity index (χ2v) is 10.7. The second-order valence-electron chi connectivity index (χ2n) is 9.18. The fourth-order valence-corrected chi connectivity index (χ4v) is 5.51. The van der Waals surface area contributed by atoms with Crippen LogP contribution < -0.4 is 5.32 Å². The van der Waals surface area contributed by atoms with Gasteiger partial charge in [-0.3, -0.25) is 10.1 Å². The number of benzene rings is 3. The van der Waals surface area contributed by atoms with Crippen LogP contribution in [0.4, 0.5) is 18.3 Å². The minimum atomic E-state index is -4.42. The van der Waals surface area contributed by atoms with E-state index in [1.807, 2.05) is 36.4 Å². The molecule has 204 valence electrons. The van der Waals surface area contributed by atoms with E-state index in [4.69, 9.17) is 21.0 Å². The number of para-hydroxylation sites is 1. The van der Waals surface area contributed by atoms with Crippen molar-refractivity contribution in [1.82, 2.24) is 9.97 Å². The van der Waals surface area contributed by atoms with E-state index in [1.165, 1.54) is 17.4 Å². The number of amides is 1. The zero-order chi connectivity index (χ0) is 28.6. The number of nitrogens with zero attached hydrogens (tertiary/aromatic N) is 2. The van der Waals surface area contributed by atoms with Crippen LogP contribution in [0.1, 0.15) is 26.4 Å². The summed E-state index contributed by atoms with van der Waals surface area (Å²) in [5, 5.41) is 4.35. The Balaban J connectivity index is 1.27. The average molecular weight is 590 g/mol. The number of carbonyl (C=O) groups is 1. The molecule has 0 fully saturated rings. The van der Waals surface area contributed by atoms with Gasteiger partial charge in [-0.05, 0) is 48.0 Å². The fourth-order valence-electron chi connectivity index (χ4n) is 4.44. The van der Waals surface area contributed by atoms with Crippen molar-refractivity contribution in [1.29, 1.82) is 0 Å². The first kappa shape index (κ1) is 26.7. The van der Waals surface area contributed by atoms with E-state index < -0.39 is 17.6 Å². The lowest BCUT2D eigenvalue weighted by atomic mass is 10.1. The Bertz CT molecular complexity index is 1900. The van der Waals surface area contributed by atoms with Crippen LogP contribution in [0.3, 0.4) is 0 Å². The number of rotatable bonds is 6. The molecule has 0 spiro atoms. The summed E-state index contributed by atoms with van der Waals surface area (Å²) in [7, 11) is 0. The molecule has 0 saturated heterocycles. The summed E-state index contributed by atoms with van der Waals surface area (Å²) >= 11 is 7.53. The van der Waals surface area contributed by atoms with Crippen molar-refractivity contribution in [2.75, 3.05) is 5.32 Å². The van der Waals surface area contributed by atoms with E-state index in [0.29, 0.717) is 54.3 Å². The molecule has 0 radical (unpaired) electrons. The SMILES string of the molecule is O=C(Nc1ncc(Cc2cccc(C(F)(F)F)c2)s1)c1cc(-c2ccc(-c3ccccc3Cl)o2)nc2ccccc12. The largest absolute Gasteiger partial charge is 0.454 e. The highest BCUT2D eigenvalue weighted by Crippen LogP contribution is 2.34. The molecule has 0 bridgehead atoms. The summed E-state index contributed by atoms with van der Waals surface area (Å²) in [6.07, 6.45) is -2.61. The smallest absolute Gasteiger partial charge is 0.416 e. The van der Waals surface area contributed by atoms with Crippen molar-refractivity contribution in [2.45, 2.75) is 12.6 Å². The van der Waals surface area contributed by atoms with Gasteiger partial charge >= 0.3 is 6.18 Å². The second kappa shape index (κ2) is 10.8. The predicted octanol–water partition coefficient (Wildman–Crippen LogP) is 9.13. The number of thiazole rings is 1. The summed E-state index contributed by atoms with van der Waals surface area (Å²) in [6, 6.07) is 25.0. The Morgan fingerprint density at radius 1 is 0.927 bits per heavy atom. The standard InChI is InChI=1S/C31H19ClF3N3O2S/c32-24-10-3-1-9-22(24)27-12-13-28(40-27)26-16-23(21-8-2-4-11-25(21)37-26)29(39)38-30-36-17-20(41-30)15-18-6-5-7-19(14-18)31(33,34)35/h1-14,16-17H,15H2,(H,36,38,39). The minimum Gasteiger partial charge on any atom is -0.454 e. The van der Waals surface area contributed by atoms with Crippen molar-refractivity contribution < 1.29 is 22.4 Å². The number of anilines is 1. The van der Waals surface area contributed by atoms with Gasteiger partial charge in [-0.25, -0.2) is 9.97 Å². The number of pyridine rings is 1. The molecule has 0 aliphatic carbocycles. The lowest BCUT2D eigenvalue weighted by Crippen LogP contribution is -2.12. The molecule has 0 aliphatic heterocycles. The molecule has 6 aromatic rings. The van der Waals surface area contributed by atoms with Crippen molar-refractivity contribution in [3.63, 3.8) is 0 Å². The number of hydrogen-bond donors (Lipinski definition) is 1. The van der Waals surface area contributed by atoms with Crippen LogP contribution in [0, 0.1) is 0 Å². The number of aromatic nitrogens is 2. The van der Waals surface area contributed by atoms with Gasteiger partial charge in [0.2, 0.25) is 0 Å². The van der Waals surface area contributed by atoms with E-state index in [-0.39, 0.29) is 6.42 Å². The number of alkyl halides is 3. The fraction of sp³-hybridized carbons (Fsp3) is 0.0645. The zero-order valence-electron chi connectivity index (χ0n) is 21.1. The topological polar surface area (TPSA) is 68.0 Å². The molecular weight excluding hydrogens is 571 g/mol. The van der Waals surface area contributed by atoms with Crippen LogP contribution in [0.2, 0.25) is 5.02 Å². The maximum absolute atomic E-state index is 13.5. The van der Waals surface area contributed by atoms with Gasteiger partial charge < -0.3 is 4.42 Å². The predicted molar refractivity (Wildman–Crippen MR) is 154 cm³/mol. The molecule has 10 heteroatoms. The molecule has 3 aromatic heterocycles. The first-order chi connectivity index (χ1) is 19.7. The monoisotopic (exact) mass is 589 g/mol. The van der Waals surface area contributed by atoms with Crippen molar-refractivity contribution in [3.8, 4) is 22.8 Å². The first-order valence-corrected chi connectivity index (χ1v) is 13.6. The summed E-state index contributed by atoms with van der Waals surface area (Å²) in [6.45, 7) is 0. The van der Waals surface area contributed by atoms with Crippen molar-refractivity contribution >= 4 is 44.9 Å². The minimum absolute atomic E-state index is 0.256. The Kier molecular flexibility index (Phi) is 7.07. The van der Waals surface area contributed by atoms with Gasteiger partial charge in [-0.15, -0.1) is 11.3 Å².